The summed E-state index contributed by atoms with van der Waals surface area (Å²) in [5.74, 6) is 0.410. The van der Waals surface area contributed by atoms with Crippen molar-refractivity contribution in [3.05, 3.63) is 65.2 Å². The summed E-state index contributed by atoms with van der Waals surface area (Å²) in [6, 6.07) is 17.8. The van der Waals surface area contributed by atoms with Gasteiger partial charge >= 0.3 is 5.97 Å². The summed E-state index contributed by atoms with van der Waals surface area (Å²) in [5.41, 5.74) is 0.993. The minimum Gasteiger partial charge on any atom is -0.466 e. The second kappa shape index (κ2) is 11.4. The lowest BCUT2D eigenvalue weighted by Gasteiger charge is -2.33. The number of halogens is 1. The fourth-order valence-electron chi connectivity index (χ4n) is 3.71. The van der Waals surface area contributed by atoms with Crippen molar-refractivity contribution in [2.75, 3.05) is 25.4 Å². The van der Waals surface area contributed by atoms with E-state index in [1.54, 1.807) is 11.8 Å². The summed E-state index contributed by atoms with van der Waals surface area (Å²) in [5, 5.41) is 0.695. The van der Waals surface area contributed by atoms with Gasteiger partial charge in [-0.05, 0) is 49.9 Å². The van der Waals surface area contributed by atoms with Crippen LogP contribution in [0.1, 0.15) is 25.3 Å². The van der Waals surface area contributed by atoms with Gasteiger partial charge in [-0.1, -0.05) is 48.0 Å². The van der Waals surface area contributed by atoms with Gasteiger partial charge in [0.2, 0.25) is 5.91 Å². The van der Waals surface area contributed by atoms with E-state index in [1.165, 1.54) is 0 Å². The van der Waals surface area contributed by atoms with Gasteiger partial charge in [0.1, 0.15) is 0 Å². The molecule has 4 nitrogen and oxygen atoms in total. The third-order valence-electron chi connectivity index (χ3n) is 5.39. The SMILES string of the molecule is CCOC(=O)C1CCN(C(=O)C(CSc2ccccc2)Cc2ccccc2Cl)CC1. The number of ether oxygens (including phenoxy) is 1. The molecule has 6 heteroatoms. The van der Waals surface area contributed by atoms with Gasteiger partial charge in [-0.15, -0.1) is 11.8 Å². The fourth-order valence-corrected chi connectivity index (χ4v) is 4.93. The van der Waals surface area contributed by atoms with Crippen molar-refractivity contribution in [1.29, 1.82) is 0 Å². The van der Waals surface area contributed by atoms with Crippen LogP contribution in [0.4, 0.5) is 0 Å². The summed E-state index contributed by atoms with van der Waals surface area (Å²) >= 11 is 8.07. The smallest absolute Gasteiger partial charge is 0.309 e. The maximum atomic E-state index is 13.4. The van der Waals surface area contributed by atoms with Gasteiger partial charge in [-0.25, -0.2) is 0 Å². The lowest BCUT2D eigenvalue weighted by Crippen LogP contribution is -2.44. The second-order valence-electron chi connectivity index (χ2n) is 7.47. The van der Waals surface area contributed by atoms with E-state index < -0.39 is 0 Å². The van der Waals surface area contributed by atoms with Gasteiger partial charge in [0.15, 0.2) is 0 Å². The molecule has 160 valence electrons. The van der Waals surface area contributed by atoms with E-state index in [2.05, 4.69) is 12.1 Å². The van der Waals surface area contributed by atoms with E-state index in [0.29, 0.717) is 49.7 Å². The molecule has 3 rings (SSSR count). The molecule has 1 aliphatic heterocycles. The van der Waals surface area contributed by atoms with Crippen LogP contribution in [0.2, 0.25) is 5.02 Å². The van der Waals surface area contributed by atoms with E-state index in [-0.39, 0.29) is 23.7 Å². The lowest BCUT2D eigenvalue weighted by molar-refractivity contribution is -0.151. The number of carbonyl (C=O) groups is 2. The lowest BCUT2D eigenvalue weighted by atomic mass is 9.94. The van der Waals surface area contributed by atoms with E-state index >= 15 is 0 Å². The molecule has 1 saturated heterocycles. The molecular formula is C24H28ClNO3S. The first-order chi connectivity index (χ1) is 14.6. The average molecular weight is 446 g/mol. The van der Waals surface area contributed by atoms with E-state index in [0.717, 1.165) is 10.5 Å². The molecule has 0 bridgehead atoms. The van der Waals surface area contributed by atoms with Crippen LogP contribution in [0.5, 0.6) is 0 Å². The molecule has 0 aromatic heterocycles. The summed E-state index contributed by atoms with van der Waals surface area (Å²) in [4.78, 5) is 28.4. The van der Waals surface area contributed by atoms with Gasteiger partial charge in [-0.3, -0.25) is 9.59 Å². The predicted molar refractivity (Wildman–Crippen MR) is 122 cm³/mol. The van der Waals surface area contributed by atoms with E-state index in [4.69, 9.17) is 16.3 Å². The van der Waals surface area contributed by atoms with Crippen molar-refractivity contribution < 1.29 is 14.3 Å². The number of benzene rings is 2. The molecule has 1 atom stereocenters. The molecule has 1 unspecified atom stereocenters. The minimum absolute atomic E-state index is 0.102. The first kappa shape index (κ1) is 22.7. The van der Waals surface area contributed by atoms with Crippen LogP contribution in [0.3, 0.4) is 0 Å². The Labute approximate surface area is 187 Å². The Morgan fingerprint density at radius 2 is 1.77 bits per heavy atom. The summed E-state index contributed by atoms with van der Waals surface area (Å²) in [6.45, 7) is 3.41. The van der Waals surface area contributed by atoms with E-state index in [1.807, 2.05) is 54.3 Å². The average Bonchev–Trinajstić information content (AvgIpc) is 2.78. The molecule has 0 spiro atoms. The highest BCUT2D eigenvalue weighted by Gasteiger charge is 2.31. The molecule has 2 aromatic rings. The molecule has 1 aliphatic rings. The number of piperidine rings is 1. The monoisotopic (exact) mass is 445 g/mol. The molecule has 1 heterocycles. The van der Waals surface area contributed by atoms with Crippen molar-refractivity contribution in [2.24, 2.45) is 11.8 Å². The number of rotatable bonds is 8. The number of carbonyl (C=O) groups excluding carboxylic acids is 2. The zero-order valence-electron chi connectivity index (χ0n) is 17.3. The van der Waals surface area contributed by atoms with Gasteiger partial charge < -0.3 is 9.64 Å². The van der Waals surface area contributed by atoms with Gasteiger partial charge in [0.05, 0.1) is 18.4 Å². The van der Waals surface area contributed by atoms with Crippen LogP contribution >= 0.6 is 23.4 Å². The molecule has 1 amide bonds. The molecule has 0 aliphatic carbocycles. The number of esters is 1. The molecule has 0 radical (unpaired) electrons. The minimum atomic E-state index is -0.172. The molecule has 2 aromatic carbocycles. The number of amides is 1. The molecule has 0 saturated carbocycles. The summed E-state index contributed by atoms with van der Waals surface area (Å²) in [7, 11) is 0. The van der Waals surface area contributed by atoms with Crippen molar-refractivity contribution >= 4 is 35.2 Å². The van der Waals surface area contributed by atoms with Gasteiger partial charge in [0, 0.05) is 28.8 Å². The molecule has 30 heavy (non-hydrogen) atoms. The number of hydrogen-bond donors (Lipinski definition) is 0. The van der Waals surface area contributed by atoms with Crippen molar-refractivity contribution in [1.82, 2.24) is 4.90 Å². The Bertz CT molecular complexity index is 837. The zero-order valence-corrected chi connectivity index (χ0v) is 18.8. The summed E-state index contributed by atoms with van der Waals surface area (Å²) < 4.78 is 5.14. The first-order valence-corrected chi connectivity index (χ1v) is 11.8. The van der Waals surface area contributed by atoms with Crippen molar-refractivity contribution in [3.63, 3.8) is 0 Å². The normalized spacial score (nSPS) is 15.6. The highest BCUT2D eigenvalue weighted by atomic mass is 35.5. The molecule has 0 N–H and O–H groups in total. The first-order valence-electron chi connectivity index (χ1n) is 10.4. The van der Waals surface area contributed by atoms with Crippen LogP contribution in [-0.2, 0) is 20.7 Å². The third kappa shape index (κ3) is 6.26. The van der Waals surface area contributed by atoms with Gasteiger partial charge in [0.25, 0.3) is 0 Å². The number of thioether (sulfide) groups is 1. The highest BCUT2D eigenvalue weighted by molar-refractivity contribution is 7.99. The number of hydrogen-bond acceptors (Lipinski definition) is 4. The fraction of sp³-hybridized carbons (Fsp3) is 0.417. The number of nitrogens with zero attached hydrogens (tertiary/aromatic N) is 1. The van der Waals surface area contributed by atoms with Crippen LogP contribution in [0.15, 0.2) is 59.5 Å². The largest absolute Gasteiger partial charge is 0.466 e. The maximum absolute atomic E-state index is 13.4. The van der Waals surface area contributed by atoms with Crippen LogP contribution < -0.4 is 0 Å². The maximum Gasteiger partial charge on any atom is 0.309 e. The van der Waals surface area contributed by atoms with Crippen LogP contribution in [-0.4, -0.2) is 42.2 Å². The van der Waals surface area contributed by atoms with Crippen molar-refractivity contribution in [2.45, 2.75) is 31.1 Å². The van der Waals surface area contributed by atoms with Gasteiger partial charge in [-0.2, -0.15) is 0 Å². The third-order valence-corrected chi connectivity index (χ3v) is 6.94. The molecular weight excluding hydrogens is 418 g/mol. The standard InChI is InChI=1S/C24H28ClNO3S/c1-2-29-24(28)18-12-14-26(15-13-18)23(27)20(16-19-8-6-7-11-22(19)25)17-30-21-9-4-3-5-10-21/h3-11,18,20H,2,12-17H2,1H3. The van der Waals surface area contributed by atoms with Crippen molar-refractivity contribution in [3.8, 4) is 0 Å². The Morgan fingerprint density at radius 3 is 2.43 bits per heavy atom. The predicted octanol–water partition coefficient (Wildman–Crippen LogP) is 5.09. The number of likely N-dealkylation sites (tertiary alicyclic amines) is 1. The Morgan fingerprint density at radius 1 is 1.10 bits per heavy atom. The van der Waals surface area contributed by atoms with Crippen LogP contribution in [0, 0.1) is 11.8 Å². The Kier molecular flexibility index (Phi) is 8.64. The highest BCUT2D eigenvalue weighted by Crippen LogP contribution is 2.28. The summed E-state index contributed by atoms with van der Waals surface area (Å²) in [6.07, 6.45) is 1.93. The van der Waals surface area contributed by atoms with E-state index in [9.17, 15) is 9.59 Å². The van der Waals surface area contributed by atoms with Crippen LogP contribution in [0.25, 0.3) is 0 Å². The topological polar surface area (TPSA) is 46.6 Å². The quantitative estimate of drug-likeness (QED) is 0.419. The second-order valence-corrected chi connectivity index (χ2v) is 8.97. The Hall–Kier alpha value is -1.98. The Balaban J connectivity index is 1.67. The molecule has 1 fully saturated rings. The zero-order chi connectivity index (χ0) is 21.3.